The second kappa shape index (κ2) is 9.18. The molecule has 7 heteroatoms. The first-order chi connectivity index (χ1) is 14.5. The normalized spacial score (nSPS) is 18.2. The maximum absolute atomic E-state index is 12.6. The highest BCUT2D eigenvalue weighted by atomic mass is 32.2. The van der Waals surface area contributed by atoms with Gasteiger partial charge in [0, 0.05) is 43.1 Å². The van der Waals surface area contributed by atoms with Crippen molar-refractivity contribution in [2.45, 2.75) is 43.4 Å². The van der Waals surface area contributed by atoms with Crippen molar-refractivity contribution in [2.75, 3.05) is 36.4 Å². The quantitative estimate of drug-likeness (QED) is 0.780. The third kappa shape index (κ3) is 4.68. The van der Waals surface area contributed by atoms with Crippen LogP contribution in [0.1, 0.15) is 48.9 Å². The molecule has 2 fully saturated rings. The molecule has 0 spiro atoms. The maximum Gasteiger partial charge on any atom is 0.255 e. The van der Waals surface area contributed by atoms with Gasteiger partial charge in [-0.1, -0.05) is 12.8 Å². The fraction of sp³-hybridized carbons (Fsp3) is 0.435. The first-order valence-electron chi connectivity index (χ1n) is 10.8. The summed E-state index contributed by atoms with van der Waals surface area (Å²) in [4.78, 5) is 15.2. The highest BCUT2D eigenvalue weighted by molar-refractivity contribution is 7.89. The SMILES string of the molecule is O=C(Nc1ccc(N2CCCCCC2)cc1)c1ccc(S(=O)(=O)N2CCCC2)cc1. The Hall–Kier alpha value is -2.38. The van der Waals surface area contributed by atoms with Crippen LogP contribution in [0.4, 0.5) is 11.4 Å². The number of amides is 1. The smallest absolute Gasteiger partial charge is 0.255 e. The van der Waals surface area contributed by atoms with Crippen LogP contribution in [0.15, 0.2) is 53.4 Å². The van der Waals surface area contributed by atoms with E-state index in [1.165, 1.54) is 47.8 Å². The van der Waals surface area contributed by atoms with E-state index in [-0.39, 0.29) is 10.8 Å². The summed E-state index contributed by atoms with van der Waals surface area (Å²) in [5.41, 5.74) is 2.35. The number of hydrogen-bond donors (Lipinski definition) is 1. The van der Waals surface area contributed by atoms with Crippen LogP contribution in [-0.4, -0.2) is 44.8 Å². The molecule has 4 rings (SSSR count). The molecule has 2 aliphatic rings. The Kier molecular flexibility index (Phi) is 6.39. The molecule has 2 aromatic carbocycles. The van der Waals surface area contributed by atoms with Gasteiger partial charge in [-0.05, 0) is 74.2 Å². The van der Waals surface area contributed by atoms with Crippen molar-refractivity contribution >= 4 is 27.3 Å². The largest absolute Gasteiger partial charge is 0.372 e. The van der Waals surface area contributed by atoms with E-state index in [4.69, 9.17) is 0 Å². The van der Waals surface area contributed by atoms with Gasteiger partial charge in [0.15, 0.2) is 0 Å². The van der Waals surface area contributed by atoms with E-state index in [0.29, 0.717) is 18.7 Å². The number of nitrogens with one attached hydrogen (secondary N) is 1. The van der Waals surface area contributed by atoms with E-state index >= 15 is 0 Å². The van der Waals surface area contributed by atoms with Crippen LogP contribution in [0.2, 0.25) is 0 Å². The molecule has 0 saturated carbocycles. The van der Waals surface area contributed by atoms with Gasteiger partial charge in [0.1, 0.15) is 0 Å². The Morgan fingerprint density at radius 3 is 1.90 bits per heavy atom. The molecule has 2 aromatic rings. The summed E-state index contributed by atoms with van der Waals surface area (Å²) in [7, 11) is -3.46. The van der Waals surface area contributed by atoms with Gasteiger partial charge < -0.3 is 10.2 Å². The van der Waals surface area contributed by atoms with Crippen LogP contribution in [0.25, 0.3) is 0 Å². The zero-order chi connectivity index (χ0) is 21.0. The lowest BCUT2D eigenvalue weighted by Crippen LogP contribution is -2.27. The van der Waals surface area contributed by atoms with Gasteiger partial charge in [0.2, 0.25) is 10.0 Å². The number of carbonyl (C=O) groups excluding carboxylic acids is 1. The van der Waals surface area contributed by atoms with E-state index in [9.17, 15) is 13.2 Å². The molecule has 0 radical (unpaired) electrons. The van der Waals surface area contributed by atoms with Crippen LogP contribution in [-0.2, 0) is 10.0 Å². The number of benzene rings is 2. The number of carbonyl (C=O) groups is 1. The standard InChI is InChI=1S/C23H29N3O3S/c27-23(19-7-13-22(14-8-19)30(28,29)26-17-5-6-18-26)24-20-9-11-21(12-10-20)25-15-3-1-2-4-16-25/h7-14H,1-6,15-18H2,(H,24,27). The van der Waals surface area contributed by atoms with Crippen LogP contribution in [0.5, 0.6) is 0 Å². The predicted molar refractivity (Wildman–Crippen MR) is 120 cm³/mol. The van der Waals surface area contributed by atoms with E-state index in [2.05, 4.69) is 10.2 Å². The van der Waals surface area contributed by atoms with Crippen molar-refractivity contribution < 1.29 is 13.2 Å². The first-order valence-corrected chi connectivity index (χ1v) is 12.2. The van der Waals surface area contributed by atoms with Gasteiger partial charge in [0.05, 0.1) is 4.90 Å². The van der Waals surface area contributed by atoms with Gasteiger partial charge in [-0.25, -0.2) is 8.42 Å². The second-order valence-corrected chi connectivity index (χ2v) is 9.98. The van der Waals surface area contributed by atoms with Gasteiger partial charge in [-0.2, -0.15) is 4.31 Å². The van der Waals surface area contributed by atoms with Gasteiger partial charge in [-0.15, -0.1) is 0 Å². The fourth-order valence-electron chi connectivity index (χ4n) is 4.14. The third-order valence-corrected chi connectivity index (χ3v) is 7.83. The summed E-state index contributed by atoms with van der Waals surface area (Å²) >= 11 is 0. The molecule has 2 saturated heterocycles. The lowest BCUT2D eigenvalue weighted by Gasteiger charge is -2.22. The van der Waals surface area contributed by atoms with Crippen LogP contribution >= 0.6 is 0 Å². The molecule has 0 aromatic heterocycles. The van der Waals surface area contributed by atoms with Crippen molar-refractivity contribution in [3.8, 4) is 0 Å². The molecule has 0 atom stereocenters. The predicted octanol–water partition coefficient (Wildman–Crippen LogP) is 4.10. The Labute approximate surface area is 178 Å². The molecule has 0 bridgehead atoms. The molecule has 1 amide bonds. The van der Waals surface area contributed by atoms with Crippen LogP contribution in [0, 0.1) is 0 Å². The summed E-state index contributed by atoms with van der Waals surface area (Å²) in [6.07, 6.45) is 6.84. The van der Waals surface area contributed by atoms with Gasteiger partial charge in [-0.3, -0.25) is 4.79 Å². The molecule has 1 N–H and O–H groups in total. The molecule has 6 nitrogen and oxygen atoms in total. The lowest BCUT2D eigenvalue weighted by atomic mass is 10.2. The minimum atomic E-state index is -3.46. The number of hydrogen-bond acceptors (Lipinski definition) is 4. The number of anilines is 2. The first kappa shape index (κ1) is 20.9. The molecule has 0 unspecified atom stereocenters. The summed E-state index contributed by atoms with van der Waals surface area (Å²) < 4.78 is 26.7. The van der Waals surface area contributed by atoms with Crippen molar-refractivity contribution in [3.05, 3.63) is 54.1 Å². The monoisotopic (exact) mass is 427 g/mol. The van der Waals surface area contributed by atoms with E-state index in [0.717, 1.165) is 31.6 Å². The Balaban J connectivity index is 1.40. The summed E-state index contributed by atoms with van der Waals surface area (Å²) in [5.74, 6) is -0.248. The van der Waals surface area contributed by atoms with Crippen molar-refractivity contribution in [1.82, 2.24) is 4.31 Å². The molecular weight excluding hydrogens is 398 g/mol. The summed E-state index contributed by atoms with van der Waals surface area (Å²) in [6, 6.07) is 14.1. The van der Waals surface area contributed by atoms with Crippen molar-refractivity contribution in [3.63, 3.8) is 0 Å². The molecule has 2 aliphatic heterocycles. The lowest BCUT2D eigenvalue weighted by molar-refractivity contribution is 0.102. The zero-order valence-electron chi connectivity index (χ0n) is 17.2. The van der Waals surface area contributed by atoms with Crippen molar-refractivity contribution in [1.29, 1.82) is 0 Å². The van der Waals surface area contributed by atoms with Gasteiger partial charge >= 0.3 is 0 Å². The fourth-order valence-corrected chi connectivity index (χ4v) is 5.66. The summed E-state index contributed by atoms with van der Waals surface area (Å²) in [6.45, 7) is 3.30. The number of sulfonamides is 1. The minimum Gasteiger partial charge on any atom is -0.372 e. The van der Waals surface area contributed by atoms with E-state index in [1.807, 2.05) is 24.3 Å². The average molecular weight is 428 g/mol. The molecule has 0 aliphatic carbocycles. The maximum atomic E-state index is 12.6. The van der Waals surface area contributed by atoms with Gasteiger partial charge in [0.25, 0.3) is 5.91 Å². The number of rotatable bonds is 5. The Bertz CT molecular complexity index is 958. The average Bonchev–Trinajstić information content (AvgIpc) is 3.19. The molecule has 2 heterocycles. The third-order valence-electron chi connectivity index (χ3n) is 5.92. The van der Waals surface area contributed by atoms with E-state index < -0.39 is 10.0 Å². The summed E-state index contributed by atoms with van der Waals surface area (Å²) in [5, 5.41) is 2.90. The minimum absolute atomic E-state index is 0.239. The zero-order valence-corrected chi connectivity index (χ0v) is 18.0. The van der Waals surface area contributed by atoms with Crippen molar-refractivity contribution in [2.24, 2.45) is 0 Å². The van der Waals surface area contributed by atoms with E-state index in [1.54, 1.807) is 12.1 Å². The molecule has 30 heavy (non-hydrogen) atoms. The molecular formula is C23H29N3O3S. The highest BCUT2D eigenvalue weighted by Gasteiger charge is 2.27. The Morgan fingerprint density at radius 2 is 1.30 bits per heavy atom. The van der Waals surface area contributed by atoms with Crippen LogP contribution in [0.3, 0.4) is 0 Å². The number of nitrogens with zero attached hydrogens (tertiary/aromatic N) is 2. The second-order valence-electron chi connectivity index (χ2n) is 8.04. The highest BCUT2D eigenvalue weighted by Crippen LogP contribution is 2.23. The molecule has 160 valence electrons. The topological polar surface area (TPSA) is 69.7 Å². The van der Waals surface area contributed by atoms with Crippen LogP contribution < -0.4 is 10.2 Å². The Morgan fingerprint density at radius 1 is 0.733 bits per heavy atom.